The highest BCUT2D eigenvalue weighted by Gasteiger charge is 2.07. The maximum Gasteiger partial charge on any atom is -0.0225 e. The van der Waals surface area contributed by atoms with Gasteiger partial charge in [0.15, 0.2) is 0 Å². The molecule has 0 aromatic heterocycles. The van der Waals surface area contributed by atoms with Crippen LogP contribution in [0.2, 0.25) is 0 Å². The molecule has 0 atom stereocenters. The first-order chi connectivity index (χ1) is 12.0. The van der Waals surface area contributed by atoms with Gasteiger partial charge in [-0.15, -0.1) is 0 Å². The highest BCUT2D eigenvalue weighted by atomic mass is 14.1. The third-order valence-corrected chi connectivity index (χ3v) is 4.14. The van der Waals surface area contributed by atoms with E-state index in [0.29, 0.717) is 0 Å². The van der Waals surface area contributed by atoms with Crippen molar-refractivity contribution < 1.29 is 0 Å². The normalized spacial score (nSPS) is 26.7. The highest BCUT2D eigenvalue weighted by Crippen LogP contribution is 2.27. The van der Waals surface area contributed by atoms with Gasteiger partial charge in [0.25, 0.3) is 0 Å². The van der Waals surface area contributed by atoms with E-state index in [1.807, 2.05) is 13.8 Å². The molecule has 140 valence electrons. The summed E-state index contributed by atoms with van der Waals surface area (Å²) in [5.74, 6) is 0.722. The van der Waals surface area contributed by atoms with E-state index in [0.717, 1.165) is 12.3 Å². The molecule has 0 saturated heterocycles. The fourth-order valence-corrected chi connectivity index (χ4v) is 2.72. The Hall–Kier alpha value is -1.56. The molecule has 2 aliphatic rings. The Morgan fingerprint density at radius 2 is 1.68 bits per heavy atom. The summed E-state index contributed by atoms with van der Waals surface area (Å²) < 4.78 is 0. The molecule has 0 unspecified atom stereocenters. The molecule has 0 heterocycles. The average Bonchev–Trinajstić information content (AvgIpc) is 2.67. The van der Waals surface area contributed by atoms with E-state index in [1.54, 1.807) is 0 Å². The monoisotopic (exact) mass is 340 g/mol. The molecular formula is C25H40. The van der Waals surface area contributed by atoms with Gasteiger partial charge in [-0.1, -0.05) is 88.8 Å². The van der Waals surface area contributed by atoms with Crippen LogP contribution in [0.15, 0.2) is 70.9 Å². The van der Waals surface area contributed by atoms with Gasteiger partial charge in [0.2, 0.25) is 0 Å². The van der Waals surface area contributed by atoms with E-state index in [1.165, 1.54) is 48.0 Å². The van der Waals surface area contributed by atoms with Crippen LogP contribution in [0.4, 0.5) is 0 Å². The van der Waals surface area contributed by atoms with Crippen molar-refractivity contribution in [2.45, 2.75) is 80.6 Å². The van der Waals surface area contributed by atoms with Crippen molar-refractivity contribution in [3.05, 3.63) is 70.9 Å². The molecule has 0 amide bonds. The van der Waals surface area contributed by atoms with Crippen LogP contribution in [-0.2, 0) is 0 Å². The molecular weight excluding hydrogens is 300 g/mol. The first-order valence-electron chi connectivity index (χ1n) is 10.1. The van der Waals surface area contributed by atoms with Crippen LogP contribution < -0.4 is 0 Å². The summed E-state index contributed by atoms with van der Waals surface area (Å²) >= 11 is 0. The van der Waals surface area contributed by atoms with Crippen LogP contribution in [0, 0.1) is 5.92 Å². The fourth-order valence-electron chi connectivity index (χ4n) is 2.72. The van der Waals surface area contributed by atoms with Gasteiger partial charge in [-0.3, -0.25) is 0 Å². The number of fused-ring (bicyclic) bond motifs is 1. The molecule has 2 rings (SSSR count). The van der Waals surface area contributed by atoms with Gasteiger partial charge in [-0.25, -0.2) is 0 Å². The lowest BCUT2D eigenvalue weighted by molar-refractivity contribution is 0.732. The second kappa shape index (κ2) is 14.8. The molecule has 0 spiro atoms. The maximum atomic E-state index is 2.35. The minimum absolute atomic E-state index is 0.722. The molecule has 2 bridgehead atoms. The number of rotatable bonds is 2. The summed E-state index contributed by atoms with van der Waals surface area (Å²) in [7, 11) is 0. The molecule has 0 aromatic carbocycles. The summed E-state index contributed by atoms with van der Waals surface area (Å²) in [4.78, 5) is 0. The molecule has 0 N–H and O–H groups in total. The van der Waals surface area contributed by atoms with Crippen molar-refractivity contribution in [1.82, 2.24) is 0 Å². The van der Waals surface area contributed by atoms with Crippen LogP contribution in [0.3, 0.4) is 0 Å². The zero-order valence-electron chi connectivity index (χ0n) is 17.7. The van der Waals surface area contributed by atoms with E-state index in [4.69, 9.17) is 0 Å². The molecule has 2 aliphatic carbocycles. The van der Waals surface area contributed by atoms with Gasteiger partial charge in [0.05, 0.1) is 0 Å². The van der Waals surface area contributed by atoms with E-state index in [2.05, 4.69) is 83.2 Å². The zero-order chi connectivity index (χ0) is 19.1. The maximum absolute atomic E-state index is 2.35. The smallest absolute Gasteiger partial charge is 0.0225 e. The van der Waals surface area contributed by atoms with E-state index < -0.39 is 0 Å². The summed E-state index contributed by atoms with van der Waals surface area (Å²) in [6, 6.07) is 0. The minimum Gasteiger partial charge on any atom is -0.0886 e. The summed E-state index contributed by atoms with van der Waals surface area (Å²) in [6.45, 7) is 15.0. The molecule has 0 saturated carbocycles. The van der Waals surface area contributed by atoms with Crippen LogP contribution >= 0.6 is 0 Å². The van der Waals surface area contributed by atoms with Crippen molar-refractivity contribution in [1.29, 1.82) is 0 Å². The second-order valence-electron chi connectivity index (χ2n) is 6.79. The lowest BCUT2D eigenvalue weighted by Gasteiger charge is -2.10. The van der Waals surface area contributed by atoms with Crippen molar-refractivity contribution in [3.63, 3.8) is 0 Å². The van der Waals surface area contributed by atoms with Crippen LogP contribution in [0.1, 0.15) is 80.6 Å². The topological polar surface area (TPSA) is 0 Å². The van der Waals surface area contributed by atoms with Gasteiger partial charge in [-0.2, -0.15) is 0 Å². The largest absolute Gasteiger partial charge is 0.0886 e. The molecule has 0 aliphatic heterocycles. The van der Waals surface area contributed by atoms with Crippen LogP contribution in [0.5, 0.6) is 0 Å². The van der Waals surface area contributed by atoms with Crippen molar-refractivity contribution in [3.8, 4) is 0 Å². The lowest BCUT2D eigenvalue weighted by Crippen LogP contribution is -1.90. The summed E-state index contributed by atoms with van der Waals surface area (Å²) in [5.41, 5.74) is 5.84. The van der Waals surface area contributed by atoms with Gasteiger partial charge in [0, 0.05) is 0 Å². The van der Waals surface area contributed by atoms with Gasteiger partial charge >= 0.3 is 0 Å². The van der Waals surface area contributed by atoms with Gasteiger partial charge in [-0.05, 0) is 68.6 Å². The summed E-state index contributed by atoms with van der Waals surface area (Å²) in [5, 5.41) is 0. The lowest BCUT2D eigenvalue weighted by atomic mass is 9.96. The third-order valence-electron chi connectivity index (χ3n) is 4.14. The Kier molecular flexibility index (Phi) is 13.8. The Morgan fingerprint density at radius 3 is 2.28 bits per heavy atom. The molecule has 25 heavy (non-hydrogen) atoms. The predicted molar refractivity (Wildman–Crippen MR) is 117 cm³/mol. The summed E-state index contributed by atoms with van der Waals surface area (Å²) in [6.07, 6.45) is 23.9. The van der Waals surface area contributed by atoms with E-state index in [9.17, 15) is 0 Å². The van der Waals surface area contributed by atoms with Gasteiger partial charge in [0.1, 0.15) is 0 Å². The zero-order valence-corrected chi connectivity index (χ0v) is 17.7. The van der Waals surface area contributed by atoms with Gasteiger partial charge < -0.3 is 0 Å². The second-order valence-corrected chi connectivity index (χ2v) is 6.79. The van der Waals surface area contributed by atoms with Crippen molar-refractivity contribution in [2.24, 2.45) is 5.92 Å². The number of hydrogen-bond acceptors (Lipinski definition) is 0. The molecule has 0 heteroatoms. The number of hydrogen-bond donors (Lipinski definition) is 0. The molecule has 0 fully saturated rings. The minimum atomic E-state index is 0.722. The SMILES string of the molecule is C/C1=C/C2=C/C=C\C=C/C(=C\2C)CCCC1.CC.CC/C=C\C(C)C. The van der Waals surface area contributed by atoms with Crippen LogP contribution in [0.25, 0.3) is 0 Å². The van der Waals surface area contributed by atoms with E-state index >= 15 is 0 Å². The third kappa shape index (κ3) is 10.8. The molecule has 0 radical (unpaired) electrons. The Morgan fingerprint density at radius 1 is 1.00 bits per heavy atom. The standard InChI is InChI=1S/C16H20.C7H14.C2H6/c1-13-8-6-7-10-15-9-4-3-5-11-16(12-13)14(15)2;1-4-5-6-7(2)3;1-2/h3-5,9,11-12H,6-8,10H2,1-2H3;5-7H,4H2,1-3H3;1-2H3/b4-3?,5-3-,9-4-,11-5?,13-12-,15-9?,15-14+,16-11-,16-14?;6-5-;. The fraction of sp³-hybridized carbons (Fsp3) is 0.520. The Balaban J connectivity index is 0.000000544. The quantitative estimate of drug-likeness (QED) is 0.442. The first-order valence-corrected chi connectivity index (χ1v) is 10.1. The Bertz CT molecular complexity index is 530. The van der Waals surface area contributed by atoms with Crippen LogP contribution in [-0.4, -0.2) is 0 Å². The predicted octanol–water partition coefficient (Wildman–Crippen LogP) is 8.51. The average molecular weight is 341 g/mol. The Labute approximate surface area is 157 Å². The first kappa shape index (κ1) is 23.4. The van der Waals surface area contributed by atoms with E-state index in [-0.39, 0.29) is 0 Å². The molecule has 0 aromatic rings. The number of allylic oxidation sites excluding steroid dienone is 12. The van der Waals surface area contributed by atoms with Crippen molar-refractivity contribution >= 4 is 0 Å². The van der Waals surface area contributed by atoms with Crippen molar-refractivity contribution in [2.75, 3.05) is 0 Å². The highest BCUT2D eigenvalue weighted by molar-refractivity contribution is 5.49. The molecule has 0 nitrogen and oxygen atoms in total.